The lowest BCUT2D eigenvalue weighted by Crippen LogP contribution is -1.87. The van der Waals surface area contributed by atoms with Crippen molar-refractivity contribution in [2.75, 3.05) is 0 Å². The maximum atomic E-state index is 2.43. The van der Waals surface area contributed by atoms with Crippen LogP contribution in [0.3, 0.4) is 0 Å². The van der Waals surface area contributed by atoms with E-state index in [0.29, 0.717) is 0 Å². The Balaban J connectivity index is 1.23. The third kappa shape index (κ3) is 3.83. The molecule has 8 aromatic carbocycles. The zero-order valence-electron chi connectivity index (χ0n) is 24.6. The average Bonchev–Trinajstić information content (AvgIpc) is 3.65. The van der Waals surface area contributed by atoms with E-state index in [4.69, 9.17) is 0 Å². The Morgan fingerprint density at radius 1 is 0.289 bits per heavy atom. The molecule has 0 amide bonds. The minimum absolute atomic E-state index is 1.25. The SMILES string of the molecule is Cc1ccc2c3ccc(-c4ccc5sc6ccccc6c5c4)cc3c3cc(-c4ccc5sc6ccccc6c5c4)ccc3c2c1. The third-order valence-electron chi connectivity index (χ3n) is 9.50. The molecule has 2 aromatic heterocycles. The molecule has 0 aliphatic carbocycles. The highest BCUT2D eigenvalue weighted by molar-refractivity contribution is 7.26. The van der Waals surface area contributed by atoms with Gasteiger partial charge in [-0.05, 0) is 110 Å². The molecule has 0 atom stereocenters. The van der Waals surface area contributed by atoms with Crippen molar-refractivity contribution in [3.05, 3.63) is 145 Å². The Morgan fingerprint density at radius 2 is 0.667 bits per heavy atom. The third-order valence-corrected chi connectivity index (χ3v) is 11.8. The molecule has 0 saturated carbocycles. The van der Waals surface area contributed by atoms with Gasteiger partial charge in [0.25, 0.3) is 0 Å². The van der Waals surface area contributed by atoms with E-state index in [1.165, 1.54) is 100 Å². The zero-order chi connectivity index (χ0) is 29.6. The Kier molecular flexibility index (Phi) is 5.34. The van der Waals surface area contributed by atoms with Crippen molar-refractivity contribution in [2.45, 2.75) is 6.92 Å². The van der Waals surface area contributed by atoms with E-state index in [-0.39, 0.29) is 0 Å². The maximum Gasteiger partial charge on any atom is 0.0355 e. The van der Waals surface area contributed by atoms with E-state index in [9.17, 15) is 0 Å². The van der Waals surface area contributed by atoms with Gasteiger partial charge in [-0.3, -0.25) is 0 Å². The number of aryl methyl sites for hydroxylation is 1. The van der Waals surface area contributed by atoms with Crippen LogP contribution in [0.1, 0.15) is 5.56 Å². The number of rotatable bonds is 2. The van der Waals surface area contributed by atoms with Crippen LogP contribution in [0.25, 0.3) is 94.9 Å². The zero-order valence-corrected chi connectivity index (χ0v) is 26.2. The summed E-state index contributed by atoms with van der Waals surface area (Å²) in [5.74, 6) is 0. The second-order valence-corrected chi connectivity index (χ2v) is 14.4. The minimum Gasteiger partial charge on any atom is -0.135 e. The Bertz CT molecular complexity index is 2830. The van der Waals surface area contributed by atoms with E-state index >= 15 is 0 Å². The molecular weight excluding hydrogens is 581 g/mol. The topological polar surface area (TPSA) is 0 Å². The van der Waals surface area contributed by atoms with Crippen molar-refractivity contribution in [2.24, 2.45) is 0 Å². The summed E-state index contributed by atoms with van der Waals surface area (Å²) in [6, 6.07) is 52.5. The molecule has 0 aliphatic heterocycles. The largest absolute Gasteiger partial charge is 0.135 e. The summed E-state index contributed by atoms with van der Waals surface area (Å²) in [6.07, 6.45) is 0. The summed E-state index contributed by atoms with van der Waals surface area (Å²) >= 11 is 3.75. The molecular formula is C43H26S2. The molecule has 2 heteroatoms. The first kappa shape index (κ1) is 25.3. The van der Waals surface area contributed by atoms with E-state index in [2.05, 4.69) is 146 Å². The monoisotopic (exact) mass is 606 g/mol. The molecule has 210 valence electrons. The molecule has 0 N–H and O–H groups in total. The van der Waals surface area contributed by atoms with Crippen molar-refractivity contribution >= 4 is 95.3 Å². The van der Waals surface area contributed by atoms with Gasteiger partial charge >= 0.3 is 0 Å². The summed E-state index contributed by atoms with van der Waals surface area (Å²) in [5.41, 5.74) is 6.32. The van der Waals surface area contributed by atoms with Crippen LogP contribution in [0.2, 0.25) is 0 Å². The molecule has 0 bridgehead atoms. The molecule has 0 nitrogen and oxygen atoms in total. The van der Waals surface area contributed by atoms with Gasteiger partial charge in [-0.2, -0.15) is 0 Å². The highest BCUT2D eigenvalue weighted by Gasteiger charge is 2.14. The van der Waals surface area contributed by atoms with Gasteiger partial charge in [0, 0.05) is 40.3 Å². The number of hydrogen-bond acceptors (Lipinski definition) is 2. The van der Waals surface area contributed by atoms with Crippen LogP contribution in [0.5, 0.6) is 0 Å². The second kappa shape index (κ2) is 9.49. The Morgan fingerprint density at radius 3 is 1.20 bits per heavy atom. The van der Waals surface area contributed by atoms with Crippen LogP contribution < -0.4 is 0 Å². The molecule has 0 spiro atoms. The molecule has 10 rings (SSSR count). The van der Waals surface area contributed by atoms with Crippen LogP contribution in [0, 0.1) is 6.92 Å². The molecule has 0 fully saturated rings. The first-order chi connectivity index (χ1) is 22.2. The van der Waals surface area contributed by atoms with Crippen LogP contribution in [-0.2, 0) is 0 Å². The van der Waals surface area contributed by atoms with Crippen molar-refractivity contribution in [1.82, 2.24) is 0 Å². The molecule has 45 heavy (non-hydrogen) atoms. The number of hydrogen-bond donors (Lipinski definition) is 0. The summed E-state index contributed by atoms with van der Waals surface area (Å²) in [6.45, 7) is 2.19. The second-order valence-electron chi connectivity index (χ2n) is 12.2. The van der Waals surface area contributed by atoms with Crippen molar-refractivity contribution in [3.8, 4) is 22.3 Å². The van der Waals surface area contributed by atoms with Crippen molar-refractivity contribution < 1.29 is 0 Å². The Labute approximate surface area is 268 Å². The van der Waals surface area contributed by atoms with Gasteiger partial charge in [-0.1, -0.05) is 96.6 Å². The first-order valence-electron chi connectivity index (χ1n) is 15.4. The van der Waals surface area contributed by atoms with Gasteiger partial charge in [0.15, 0.2) is 0 Å². The summed E-state index contributed by atoms with van der Waals surface area (Å²) < 4.78 is 5.37. The van der Waals surface area contributed by atoms with E-state index in [0.717, 1.165) is 0 Å². The standard InChI is InChI=1S/C43H26S2/c1-25-10-15-30-31-16-11-26(28-13-18-42-38(23-28)33-6-2-4-8-40(33)44-42)21-36(31)37-22-27(12-17-32(37)35(30)20-25)29-14-19-43-39(24-29)34-7-3-5-9-41(34)45-43/h2-24H,1H3. The normalized spacial score (nSPS) is 12.1. The lowest BCUT2D eigenvalue weighted by molar-refractivity contribution is 1.51. The summed E-state index contributed by atoms with van der Waals surface area (Å²) in [7, 11) is 0. The number of benzene rings is 8. The van der Waals surface area contributed by atoms with Crippen LogP contribution >= 0.6 is 22.7 Å². The highest BCUT2D eigenvalue weighted by Crippen LogP contribution is 2.42. The van der Waals surface area contributed by atoms with Crippen LogP contribution in [-0.4, -0.2) is 0 Å². The van der Waals surface area contributed by atoms with Gasteiger partial charge in [-0.15, -0.1) is 22.7 Å². The van der Waals surface area contributed by atoms with Gasteiger partial charge < -0.3 is 0 Å². The average molecular weight is 607 g/mol. The van der Waals surface area contributed by atoms with Gasteiger partial charge in [-0.25, -0.2) is 0 Å². The van der Waals surface area contributed by atoms with Gasteiger partial charge in [0.2, 0.25) is 0 Å². The molecule has 0 radical (unpaired) electrons. The fraction of sp³-hybridized carbons (Fsp3) is 0.0233. The molecule has 10 aromatic rings. The molecule has 0 aliphatic rings. The molecule has 0 saturated heterocycles. The summed E-state index contributed by atoms with van der Waals surface area (Å²) in [4.78, 5) is 0. The first-order valence-corrected chi connectivity index (χ1v) is 17.0. The van der Waals surface area contributed by atoms with Crippen LogP contribution in [0.4, 0.5) is 0 Å². The quantitative estimate of drug-likeness (QED) is 0.172. The molecule has 2 heterocycles. The van der Waals surface area contributed by atoms with E-state index < -0.39 is 0 Å². The maximum absolute atomic E-state index is 2.43. The predicted molar refractivity (Wildman–Crippen MR) is 200 cm³/mol. The Hall–Kier alpha value is -5.02. The number of thiophene rings is 2. The van der Waals surface area contributed by atoms with E-state index in [1.807, 2.05) is 22.7 Å². The predicted octanol–water partition coefficient (Wildman–Crippen LogP) is 13.5. The molecule has 0 unspecified atom stereocenters. The fourth-order valence-electron chi connectivity index (χ4n) is 7.29. The highest BCUT2D eigenvalue weighted by atomic mass is 32.1. The lowest BCUT2D eigenvalue weighted by Gasteiger charge is -2.14. The fourth-order valence-corrected chi connectivity index (χ4v) is 9.46. The van der Waals surface area contributed by atoms with E-state index in [1.54, 1.807) is 0 Å². The van der Waals surface area contributed by atoms with Gasteiger partial charge in [0.1, 0.15) is 0 Å². The smallest absolute Gasteiger partial charge is 0.0355 e. The van der Waals surface area contributed by atoms with Crippen molar-refractivity contribution in [1.29, 1.82) is 0 Å². The number of fused-ring (bicyclic) bond motifs is 12. The van der Waals surface area contributed by atoms with Crippen LogP contribution in [0.15, 0.2) is 140 Å². The summed E-state index contributed by atoms with van der Waals surface area (Å²) in [5, 5.41) is 13.2. The van der Waals surface area contributed by atoms with Gasteiger partial charge in [0.05, 0.1) is 0 Å². The van der Waals surface area contributed by atoms with Crippen molar-refractivity contribution in [3.63, 3.8) is 0 Å². The minimum atomic E-state index is 1.25. The lowest BCUT2D eigenvalue weighted by atomic mass is 9.89.